The monoisotopic (exact) mass is 241 g/mol. The van der Waals surface area contributed by atoms with E-state index in [2.05, 4.69) is 40.4 Å². The van der Waals surface area contributed by atoms with Gasteiger partial charge in [-0.1, -0.05) is 19.1 Å². The summed E-state index contributed by atoms with van der Waals surface area (Å²) in [4.78, 5) is 8.77. The fraction of sp³-hybridized carbons (Fsp3) is 0.333. The van der Waals surface area contributed by atoms with Crippen LogP contribution in [-0.2, 0) is 6.42 Å². The van der Waals surface area contributed by atoms with Crippen molar-refractivity contribution in [3.63, 3.8) is 0 Å². The van der Waals surface area contributed by atoms with Gasteiger partial charge in [0, 0.05) is 18.1 Å². The van der Waals surface area contributed by atoms with E-state index < -0.39 is 0 Å². The molecule has 0 aliphatic heterocycles. The molecule has 2 aromatic rings. The van der Waals surface area contributed by atoms with E-state index in [1.165, 1.54) is 5.56 Å². The molecule has 0 radical (unpaired) electrons. The maximum absolute atomic E-state index is 4.61. The molecule has 3 heteroatoms. The van der Waals surface area contributed by atoms with Gasteiger partial charge in [0.15, 0.2) is 0 Å². The van der Waals surface area contributed by atoms with E-state index in [4.69, 9.17) is 0 Å². The molecule has 1 N–H and O–H groups in total. The fourth-order valence-corrected chi connectivity index (χ4v) is 2.04. The smallest absolute Gasteiger partial charge is 0.0579 e. The van der Waals surface area contributed by atoms with Crippen molar-refractivity contribution in [1.82, 2.24) is 15.3 Å². The molecule has 0 saturated carbocycles. The average molecular weight is 241 g/mol. The summed E-state index contributed by atoms with van der Waals surface area (Å²) in [7, 11) is 0. The second-order valence-electron chi connectivity index (χ2n) is 4.38. The molecule has 0 aromatic carbocycles. The molecule has 2 rings (SSSR count). The molecule has 0 fully saturated rings. The van der Waals surface area contributed by atoms with E-state index in [-0.39, 0.29) is 6.04 Å². The maximum Gasteiger partial charge on any atom is 0.0579 e. The van der Waals surface area contributed by atoms with Crippen LogP contribution in [0.15, 0.2) is 42.7 Å². The third kappa shape index (κ3) is 3.37. The first kappa shape index (κ1) is 12.7. The summed E-state index contributed by atoms with van der Waals surface area (Å²) in [5, 5.41) is 3.48. The van der Waals surface area contributed by atoms with E-state index in [0.29, 0.717) is 0 Å². The minimum atomic E-state index is 0.249. The van der Waals surface area contributed by atoms with Crippen molar-refractivity contribution in [2.24, 2.45) is 0 Å². The predicted molar refractivity (Wildman–Crippen MR) is 73.3 cm³/mol. The van der Waals surface area contributed by atoms with Gasteiger partial charge in [-0.2, -0.15) is 0 Å². The number of nitrogens with zero attached hydrogens (tertiary/aromatic N) is 2. The Morgan fingerprint density at radius 2 is 2.11 bits per heavy atom. The number of pyridine rings is 2. The Labute approximate surface area is 108 Å². The Kier molecular flexibility index (Phi) is 4.42. The lowest BCUT2D eigenvalue weighted by molar-refractivity contribution is 0.535. The van der Waals surface area contributed by atoms with Crippen LogP contribution in [0.2, 0.25) is 0 Å². The van der Waals surface area contributed by atoms with Crippen LogP contribution in [0.1, 0.15) is 29.9 Å². The normalized spacial score (nSPS) is 12.3. The Balaban J connectivity index is 2.18. The molecule has 3 nitrogen and oxygen atoms in total. The molecule has 18 heavy (non-hydrogen) atoms. The van der Waals surface area contributed by atoms with Crippen molar-refractivity contribution in [3.05, 3.63) is 59.7 Å². The highest BCUT2D eigenvalue weighted by Gasteiger charge is 2.12. The second kappa shape index (κ2) is 6.26. The summed E-state index contributed by atoms with van der Waals surface area (Å²) in [6, 6.07) is 10.5. The van der Waals surface area contributed by atoms with Crippen LogP contribution in [0.4, 0.5) is 0 Å². The van der Waals surface area contributed by atoms with Gasteiger partial charge in [-0.15, -0.1) is 0 Å². The van der Waals surface area contributed by atoms with Crippen LogP contribution >= 0.6 is 0 Å². The van der Waals surface area contributed by atoms with Crippen molar-refractivity contribution in [1.29, 1.82) is 0 Å². The number of nitrogens with one attached hydrogen (secondary N) is 1. The summed E-state index contributed by atoms with van der Waals surface area (Å²) in [5.41, 5.74) is 3.38. The van der Waals surface area contributed by atoms with Gasteiger partial charge in [-0.25, -0.2) is 0 Å². The molecule has 0 aliphatic carbocycles. The quantitative estimate of drug-likeness (QED) is 0.874. The number of hydrogen-bond acceptors (Lipinski definition) is 3. The molecule has 1 atom stereocenters. The summed E-state index contributed by atoms with van der Waals surface area (Å²) >= 11 is 0. The fourth-order valence-electron chi connectivity index (χ4n) is 2.04. The van der Waals surface area contributed by atoms with Crippen LogP contribution in [0.25, 0.3) is 0 Å². The molecule has 0 bridgehead atoms. The zero-order valence-corrected chi connectivity index (χ0v) is 10.9. The third-order valence-electron chi connectivity index (χ3n) is 2.88. The van der Waals surface area contributed by atoms with Crippen molar-refractivity contribution < 1.29 is 0 Å². The predicted octanol–water partition coefficient (Wildman–Crippen LogP) is 2.68. The largest absolute Gasteiger partial charge is 0.309 e. The Bertz CT molecular complexity index is 482. The molecule has 0 saturated heterocycles. The third-order valence-corrected chi connectivity index (χ3v) is 2.88. The van der Waals surface area contributed by atoms with Gasteiger partial charge in [0.1, 0.15) is 0 Å². The van der Waals surface area contributed by atoms with Crippen LogP contribution < -0.4 is 5.32 Å². The minimum absolute atomic E-state index is 0.249. The Hall–Kier alpha value is -1.74. The summed E-state index contributed by atoms with van der Waals surface area (Å²) in [6.07, 6.45) is 4.63. The molecule has 0 amide bonds. The van der Waals surface area contributed by atoms with E-state index in [0.717, 1.165) is 24.4 Å². The van der Waals surface area contributed by atoms with E-state index >= 15 is 0 Å². The highest BCUT2D eigenvalue weighted by molar-refractivity contribution is 5.18. The average Bonchev–Trinajstić information content (AvgIpc) is 2.39. The molecule has 2 heterocycles. The zero-order valence-electron chi connectivity index (χ0n) is 10.9. The second-order valence-corrected chi connectivity index (χ2v) is 4.38. The molecule has 94 valence electrons. The van der Waals surface area contributed by atoms with Gasteiger partial charge >= 0.3 is 0 Å². The van der Waals surface area contributed by atoms with Gasteiger partial charge in [-0.05, 0) is 43.7 Å². The highest BCUT2D eigenvalue weighted by atomic mass is 14.9. The van der Waals surface area contributed by atoms with Gasteiger partial charge in [0.2, 0.25) is 0 Å². The molecule has 1 unspecified atom stereocenters. The standard InChI is InChI=1S/C15H19N3/c1-3-17-15(10-13-7-5-9-16-11-13)14-8-4-6-12(2)18-14/h4-9,11,15,17H,3,10H2,1-2H3. The maximum atomic E-state index is 4.61. The zero-order chi connectivity index (χ0) is 12.8. The topological polar surface area (TPSA) is 37.8 Å². The SMILES string of the molecule is CCNC(Cc1cccnc1)c1cccc(C)n1. The van der Waals surface area contributed by atoms with Gasteiger partial charge in [0.25, 0.3) is 0 Å². The van der Waals surface area contributed by atoms with Crippen LogP contribution in [0.5, 0.6) is 0 Å². The minimum Gasteiger partial charge on any atom is -0.309 e. The van der Waals surface area contributed by atoms with Crippen LogP contribution in [0, 0.1) is 6.92 Å². The van der Waals surface area contributed by atoms with Crippen LogP contribution in [0.3, 0.4) is 0 Å². The lowest BCUT2D eigenvalue weighted by atomic mass is 10.0. The highest BCUT2D eigenvalue weighted by Crippen LogP contribution is 2.16. The summed E-state index contributed by atoms with van der Waals surface area (Å²) in [6.45, 7) is 5.07. The molecule has 0 spiro atoms. The van der Waals surface area contributed by atoms with Gasteiger partial charge < -0.3 is 5.32 Å². The lowest BCUT2D eigenvalue weighted by Gasteiger charge is -2.17. The number of rotatable bonds is 5. The van der Waals surface area contributed by atoms with E-state index in [9.17, 15) is 0 Å². The number of aromatic nitrogens is 2. The van der Waals surface area contributed by atoms with Crippen molar-refractivity contribution in [2.75, 3.05) is 6.54 Å². The van der Waals surface area contributed by atoms with Crippen molar-refractivity contribution in [2.45, 2.75) is 26.3 Å². The first-order valence-electron chi connectivity index (χ1n) is 6.35. The summed E-state index contributed by atoms with van der Waals surface area (Å²) in [5.74, 6) is 0. The number of hydrogen-bond donors (Lipinski definition) is 1. The Morgan fingerprint density at radius 3 is 2.78 bits per heavy atom. The molecular weight excluding hydrogens is 222 g/mol. The number of likely N-dealkylation sites (N-methyl/N-ethyl adjacent to an activating group) is 1. The number of aryl methyl sites for hydroxylation is 1. The Morgan fingerprint density at radius 1 is 1.22 bits per heavy atom. The van der Waals surface area contributed by atoms with E-state index in [1.807, 2.05) is 25.3 Å². The lowest BCUT2D eigenvalue weighted by Crippen LogP contribution is -2.24. The van der Waals surface area contributed by atoms with E-state index in [1.54, 1.807) is 6.20 Å². The first-order valence-corrected chi connectivity index (χ1v) is 6.35. The van der Waals surface area contributed by atoms with Gasteiger partial charge in [-0.3, -0.25) is 9.97 Å². The van der Waals surface area contributed by atoms with Gasteiger partial charge in [0.05, 0.1) is 11.7 Å². The summed E-state index contributed by atoms with van der Waals surface area (Å²) < 4.78 is 0. The molecule has 2 aromatic heterocycles. The van der Waals surface area contributed by atoms with Crippen LogP contribution in [-0.4, -0.2) is 16.5 Å². The molecule has 0 aliphatic rings. The van der Waals surface area contributed by atoms with Crippen molar-refractivity contribution >= 4 is 0 Å². The van der Waals surface area contributed by atoms with Crippen molar-refractivity contribution in [3.8, 4) is 0 Å². The molecular formula is C15H19N3. The first-order chi connectivity index (χ1) is 8.79.